The van der Waals surface area contributed by atoms with Crippen LogP contribution in [0.3, 0.4) is 0 Å². The molecule has 2 rings (SSSR count). The quantitative estimate of drug-likeness (QED) is 0.817. The number of likely N-dealkylation sites (tertiary alicyclic amines) is 1. The highest BCUT2D eigenvalue weighted by molar-refractivity contribution is 5.83. The Bertz CT molecular complexity index is 419. The third-order valence-electron chi connectivity index (χ3n) is 2.95. The Balaban J connectivity index is 2.10. The number of hydrogen-bond donors (Lipinski definition) is 1. The molecule has 1 aliphatic rings. The van der Waals surface area contributed by atoms with Crippen LogP contribution in [0.4, 0.5) is 4.39 Å². The van der Waals surface area contributed by atoms with Gasteiger partial charge in [0.05, 0.1) is 6.04 Å². The first-order valence-electron chi connectivity index (χ1n) is 5.37. The van der Waals surface area contributed by atoms with Crippen LogP contribution in [0.2, 0.25) is 0 Å². The molecule has 1 heterocycles. The minimum Gasteiger partial charge on any atom is -0.337 e. The summed E-state index contributed by atoms with van der Waals surface area (Å²) in [5.74, 6) is -0.269. The van der Waals surface area contributed by atoms with Crippen molar-refractivity contribution in [1.29, 1.82) is 0 Å². The van der Waals surface area contributed by atoms with Crippen molar-refractivity contribution in [3.05, 3.63) is 35.1 Å². The first kappa shape index (κ1) is 11.1. The monoisotopic (exact) mass is 222 g/mol. The van der Waals surface area contributed by atoms with Crippen LogP contribution < -0.4 is 5.73 Å². The van der Waals surface area contributed by atoms with Gasteiger partial charge in [-0.1, -0.05) is 12.1 Å². The van der Waals surface area contributed by atoms with E-state index in [1.165, 1.54) is 6.07 Å². The summed E-state index contributed by atoms with van der Waals surface area (Å²) in [5.41, 5.74) is 7.04. The maximum Gasteiger partial charge on any atom is 0.239 e. The van der Waals surface area contributed by atoms with Crippen molar-refractivity contribution in [2.75, 3.05) is 6.54 Å². The normalized spacial score (nSPS) is 20.6. The van der Waals surface area contributed by atoms with Crippen molar-refractivity contribution in [2.45, 2.75) is 25.9 Å². The third-order valence-corrected chi connectivity index (χ3v) is 2.95. The molecule has 86 valence electrons. The van der Waals surface area contributed by atoms with Crippen LogP contribution in [0.15, 0.2) is 18.2 Å². The van der Waals surface area contributed by atoms with E-state index >= 15 is 0 Å². The fourth-order valence-corrected chi connectivity index (χ4v) is 1.88. The van der Waals surface area contributed by atoms with Gasteiger partial charge in [0.15, 0.2) is 0 Å². The Morgan fingerprint density at radius 1 is 1.56 bits per heavy atom. The lowest BCUT2D eigenvalue weighted by Crippen LogP contribution is -2.33. The number of rotatable bonds is 2. The van der Waals surface area contributed by atoms with E-state index in [1.807, 2.05) is 6.07 Å². The van der Waals surface area contributed by atoms with Crippen molar-refractivity contribution >= 4 is 5.91 Å². The molecule has 0 radical (unpaired) electrons. The second-order valence-electron chi connectivity index (χ2n) is 4.24. The summed E-state index contributed by atoms with van der Waals surface area (Å²) in [6.45, 7) is 2.83. The van der Waals surface area contributed by atoms with Crippen molar-refractivity contribution in [3.8, 4) is 0 Å². The summed E-state index contributed by atoms with van der Waals surface area (Å²) >= 11 is 0. The molecule has 0 aromatic heterocycles. The van der Waals surface area contributed by atoms with Crippen molar-refractivity contribution < 1.29 is 9.18 Å². The fraction of sp³-hybridized carbons (Fsp3) is 0.417. The zero-order valence-electron chi connectivity index (χ0n) is 9.24. The van der Waals surface area contributed by atoms with Crippen LogP contribution in [0, 0.1) is 12.7 Å². The van der Waals surface area contributed by atoms with Gasteiger partial charge in [-0.05, 0) is 30.5 Å². The third kappa shape index (κ3) is 2.07. The molecular weight excluding hydrogens is 207 g/mol. The zero-order valence-corrected chi connectivity index (χ0v) is 9.24. The second-order valence-corrected chi connectivity index (χ2v) is 4.24. The maximum atomic E-state index is 13.3. The van der Waals surface area contributed by atoms with Gasteiger partial charge in [-0.25, -0.2) is 4.39 Å². The highest BCUT2D eigenvalue weighted by atomic mass is 19.1. The molecular formula is C12H15FN2O. The molecule has 1 saturated heterocycles. The molecule has 1 amide bonds. The summed E-state index contributed by atoms with van der Waals surface area (Å²) in [4.78, 5) is 13.2. The van der Waals surface area contributed by atoms with Crippen LogP contribution >= 0.6 is 0 Å². The SMILES string of the molecule is Cc1ccc(CN2CC[C@@H](N)C2=O)cc1F. The van der Waals surface area contributed by atoms with Gasteiger partial charge in [0.25, 0.3) is 0 Å². The number of benzene rings is 1. The lowest BCUT2D eigenvalue weighted by Gasteiger charge is -2.16. The molecule has 4 heteroatoms. The van der Waals surface area contributed by atoms with Gasteiger partial charge in [-0.15, -0.1) is 0 Å². The molecule has 0 aliphatic carbocycles. The molecule has 0 bridgehead atoms. The van der Waals surface area contributed by atoms with Crippen LogP contribution in [0.5, 0.6) is 0 Å². The molecule has 1 aromatic rings. The summed E-state index contributed by atoms with van der Waals surface area (Å²) in [7, 11) is 0. The summed E-state index contributed by atoms with van der Waals surface area (Å²) in [6, 6.07) is 4.67. The highest BCUT2D eigenvalue weighted by Crippen LogP contribution is 2.15. The summed E-state index contributed by atoms with van der Waals surface area (Å²) in [5, 5.41) is 0. The number of nitrogens with two attached hydrogens (primary N) is 1. The van der Waals surface area contributed by atoms with Crippen LogP contribution in [0.25, 0.3) is 0 Å². The second kappa shape index (κ2) is 4.22. The molecule has 0 saturated carbocycles. The van der Waals surface area contributed by atoms with Gasteiger partial charge in [-0.3, -0.25) is 4.79 Å². The summed E-state index contributed by atoms with van der Waals surface area (Å²) < 4.78 is 13.3. The average Bonchev–Trinajstić information content (AvgIpc) is 2.55. The van der Waals surface area contributed by atoms with Gasteiger partial charge < -0.3 is 10.6 Å². The number of carbonyl (C=O) groups is 1. The minimum absolute atomic E-state index is 0.0408. The van der Waals surface area contributed by atoms with Crippen LogP contribution in [-0.2, 0) is 11.3 Å². The molecule has 3 nitrogen and oxygen atoms in total. The largest absolute Gasteiger partial charge is 0.337 e. The first-order chi connectivity index (χ1) is 7.58. The van der Waals surface area contributed by atoms with E-state index in [0.29, 0.717) is 25.1 Å². The standard InChI is InChI=1S/C12H15FN2O/c1-8-2-3-9(6-10(8)13)7-15-5-4-11(14)12(15)16/h2-3,6,11H,4-5,7,14H2,1H3/t11-/m1/s1. The predicted octanol–water partition coefficient (Wildman–Crippen LogP) is 1.19. The van der Waals surface area contributed by atoms with Gasteiger partial charge in [0, 0.05) is 13.1 Å². The van der Waals surface area contributed by atoms with E-state index < -0.39 is 0 Å². The average molecular weight is 222 g/mol. The van der Waals surface area contributed by atoms with Crippen LogP contribution in [0.1, 0.15) is 17.5 Å². The van der Waals surface area contributed by atoms with Crippen molar-refractivity contribution in [2.24, 2.45) is 5.73 Å². The number of nitrogens with zero attached hydrogens (tertiary/aromatic N) is 1. The zero-order chi connectivity index (χ0) is 11.7. The van der Waals surface area contributed by atoms with Gasteiger partial charge >= 0.3 is 0 Å². The number of amides is 1. The van der Waals surface area contributed by atoms with E-state index in [2.05, 4.69) is 0 Å². The number of halogens is 1. The van der Waals surface area contributed by atoms with E-state index in [9.17, 15) is 9.18 Å². The molecule has 1 atom stereocenters. The predicted molar refractivity (Wildman–Crippen MR) is 59.1 cm³/mol. The van der Waals surface area contributed by atoms with E-state index in [-0.39, 0.29) is 17.8 Å². The fourth-order valence-electron chi connectivity index (χ4n) is 1.88. The molecule has 2 N–H and O–H groups in total. The van der Waals surface area contributed by atoms with E-state index in [0.717, 1.165) is 5.56 Å². The maximum absolute atomic E-state index is 13.3. The van der Waals surface area contributed by atoms with Gasteiger partial charge in [0.2, 0.25) is 5.91 Å². The Hall–Kier alpha value is -1.42. The van der Waals surface area contributed by atoms with Crippen molar-refractivity contribution in [1.82, 2.24) is 4.90 Å². The lowest BCUT2D eigenvalue weighted by molar-refractivity contribution is -0.129. The van der Waals surface area contributed by atoms with Crippen LogP contribution in [-0.4, -0.2) is 23.4 Å². The number of carbonyl (C=O) groups excluding carboxylic acids is 1. The highest BCUT2D eigenvalue weighted by Gasteiger charge is 2.28. The minimum atomic E-state index is -0.379. The lowest BCUT2D eigenvalue weighted by atomic mass is 10.1. The smallest absolute Gasteiger partial charge is 0.239 e. The molecule has 16 heavy (non-hydrogen) atoms. The Morgan fingerprint density at radius 2 is 2.31 bits per heavy atom. The van der Waals surface area contributed by atoms with Gasteiger partial charge in [-0.2, -0.15) is 0 Å². The summed E-state index contributed by atoms with van der Waals surface area (Å²) in [6.07, 6.45) is 0.688. The van der Waals surface area contributed by atoms with Gasteiger partial charge in [0.1, 0.15) is 5.82 Å². The Labute approximate surface area is 94.0 Å². The molecule has 1 aromatic carbocycles. The van der Waals surface area contributed by atoms with Crippen molar-refractivity contribution in [3.63, 3.8) is 0 Å². The number of aryl methyl sites for hydroxylation is 1. The Morgan fingerprint density at radius 3 is 2.88 bits per heavy atom. The Kier molecular flexibility index (Phi) is 2.92. The first-order valence-corrected chi connectivity index (χ1v) is 5.37. The van der Waals surface area contributed by atoms with E-state index in [4.69, 9.17) is 5.73 Å². The molecule has 1 fully saturated rings. The topological polar surface area (TPSA) is 46.3 Å². The molecule has 0 unspecified atom stereocenters. The molecule has 0 spiro atoms. The van der Waals surface area contributed by atoms with E-state index in [1.54, 1.807) is 17.9 Å². The number of hydrogen-bond acceptors (Lipinski definition) is 2. The molecule has 1 aliphatic heterocycles.